The number of thiazole rings is 1. The third kappa shape index (κ3) is 2.80. The van der Waals surface area contributed by atoms with Crippen LogP contribution in [-0.2, 0) is 0 Å². The lowest BCUT2D eigenvalue weighted by Gasteiger charge is -2.05. The van der Waals surface area contributed by atoms with Crippen LogP contribution in [0.3, 0.4) is 0 Å². The summed E-state index contributed by atoms with van der Waals surface area (Å²) >= 11 is 1.33. The van der Waals surface area contributed by atoms with Crippen molar-refractivity contribution < 1.29 is 5.11 Å². The first-order valence-corrected chi connectivity index (χ1v) is 7.23. The molecule has 21 heavy (non-hydrogen) atoms. The number of H-pyrrole nitrogens is 1. The van der Waals surface area contributed by atoms with Crippen LogP contribution in [0.5, 0.6) is 5.75 Å². The standard InChI is InChI=1S/C17H13NO2S/c1-11-18-17(20)16(21-11)10-12-5-4-6-13(9-12)14-7-2-3-8-15(14)19/h2-10,19H,1H2,(H,18,20)/b16-10-. The van der Waals surface area contributed by atoms with E-state index >= 15 is 0 Å². The molecule has 0 spiro atoms. The Morgan fingerprint density at radius 1 is 1.14 bits per heavy atom. The van der Waals surface area contributed by atoms with Gasteiger partial charge in [-0.15, -0.1) is 11.3 Å². The van der Waals surface area contributed by atoms with E-state index < -0.39 is 0 Å². The molecule has 4 heteroatoms. The van der Waals surface area contributed by atoms with Gasteiger partial charge in [0.1, 0.15) is 5.75 Å². The van der Waals surface area contributed by atoms with Crippen LogP contribution in [-0.4, -0.2) is 10.1 Å². The first kappa shape index (κ1) is 13.4. The third-order valence-electron chi connectivity index (χ3n) is 3.11. The predicted octanol–water partition coefficient (Wildman–Crippen LogP) is 2.05. The van der Waals surface area contributed by atoms with Crippen molar-refractivity contribution in [1.29, 1.82) is 0 Å². The smallest absolute Gasteiger partial charge is 0.266 e. The number of hydrogen-bond donors (Lipinski definition) is 2. The Kier molecular flexibility index (Phi) is 3.46. The fourth-order valence-electron chi connectivity index (χ4n) is 2.15. The number of aromatic hydroxyl groups is 1. The van der Waals surface area contributed by atoms with E-state index in [4.69, 9.17) is 0 Å². The summed E-state index contributed by atoms with van der Waals surface area (Å²) in [5.41, 5.74) is 2.46. The monoisotopic (exact) mass is 295 g/mol. The van der Waals surface area contributed by atoms with E-state index in [1.807, 2.05) is 42.5 Å². The van der Waals surface area contributed by atoms with Crippen molar-refractivity contribution in [2.75, 3.05) is 0 Å². The highest BCUT2D eigenvalue weighted by molar-refractivity contribution is 7.07. The van der Waals surface area contributed by atoms with Crippen molar-refractivity contribution in [2.45, 2.75) is 0 Å². The van der Waals surface area contributed by atoms with E-state index in [0.717, 1.165) is 16.7 Å². The summed E-state index contributed by atoms with van der Waals surface area (Å²) < 4.78 is 1.26. The SMILES string of the molecule is C=c1[nH]c(=O)/c(=C/c2cccc(-c3ccccc3O)c2)s1. The quantitative estimate of drug-likeness (QED) is 0.760. The van der Waals surface area contributed by atoms with Gasteiger partial charge < -0.3 is 10.1 Å². The Morgan fingerprint density at radius 3 is 2.67 bits per heavy atom. The molecule has 0 amide bonds. The Labute approximate surface area is 125 Å². The lowest BCUT2D eigenvalue weighted by Crippen LogP contribution is -2.19. The second kappa shape index (κ2) is 5.42. The zero-order valence-electron chi connectivity index (χ0n) is 11.2. The molecule has 0 fully saturated rings. The molecule has 0 saturated heterocycles. The van der Waals surface area contributed by atoms with Gasteiger partial charge >= 0.3 is 0 Å². The maximum atomic E-state index is 11.7. The molecule has 2 N–H and O–H groups in total. The molecular weight excluding hydrogens is 282 g/mol. The molecule has 3 aromatic rings. The summed E-state index contributed by atoms with van der Waals surface area (Å²) in [6, 6.07) is 14.9. The fourth-order valence-corrected chi connectivity index (χ4v) is 2.90. The third-order valence-corrected chi connectivity index (χ3v) is 3.98. The van der Waals surface area contributed by atoms with Crippen LogP contribution in [0.15, 0.2) is 53.3 Å². The van der Waals surface area contributed by atoms with Gasteiger partial charge in [0, 0.05) is 5.56 Å². The molecule has 3 nitrogen and oxygen atoms in total. The van der Waals surface area contributed by atoms with Crippen LogP contribution in [0.2, 0.25) is 0 Å². The van der Waals surface area contributed by atoms with Crippen molar-refractivity contribution in [3.05, 3.63) is 73.6 Å². The predicted molar refractivity (Wildman–Crippen MR) is 86.8 cm³/mol. The van der Waals surface area contributed by atoms with Gasteiger partial charge in [-0.1, -0.05) is 43.0 Å². The van der Waals surface area contributed by atoms with E-state index in [9.17, 15) is 9.90 Å². The Balaban J connectivity index is 2.12. The summed E-state index contributed by atoms with van der Waals surface area (Å²) in [4.78, 5) is 14.4. The van der Waals surface area contributed by atoms with Crippen LogP contribution in [0.4, 0.5) is 0 Å². The minimum Gasteiger partial charge on any atom is -0.507 e. The van der Waals surface area contributed by atoms with Crippen molar-refractivity contribution in [3.63, 3.8) is 0 Å². The van der Waals surface area contributed by atoms with Crippen LogP contribution in [0.1, 0.15) is 5.56 Å². The lowest BCUT2D eigenvalue weighted by molar-refractivity contribution is 0.477. The molecule has 0 aliphatic heterocycles. The Morgan fingerprint density at radius 2 is 1.95 bits per heavy atom. The molecule has 0 radical (unpaired) electrons. The number of nitrogens with one attached hydrogen (secondary N) is 1. The van der Waals surface area contributed by atoms with Gasteiger partial charge in [-0.25, -0.2) is 0 Å². The number of benzene rings is 2. The van der Waals surface area contributed by atoms with Gasteiger partial charge in [-0.2, -0.15) is 0 Å². The highest BCUT2D eigenvalue weighted by atomic mass is 32.1. The molecule has 0 aliphatic carbocycles. The van der Waals surface area contributed by atoms with Crippen LogP contribution >= 0.6 is 11.3 Å². The van der Waals surface area contributed by atoms with Gasteiger partial charge in [0.15, 0.2) is 0 Å². The lowest BCUT2D eigenvalue weighted by atomic mass is 10.0. The molecule has 0 saturated carbocycles. The van der Waals surface area contributed by atoms with E-state index in [-0.39, 0.29) is 11.3 Å². The zero-order chi connectivity index (χ0) is 14.8. The first-order chi connectivity index (χ1) is 10.1. The van der Waals surface area contributed by atoms with E-state index in [0.29, 0.717) is 9.20 Å². The van der Waals surface area contributed by atoms with Gasteiger partial charge in [0.05, 0.1) is 9.20 Å². The highest BCUT2D eigenvalue weighted by Crippen LogP contribution is 2.29. The molecule has 104 valence electrons. The number of hydrogen-bond acceptors (Lipinski definition) is 3. The Hall–Kier alpha value is -2.59. The summed E-state index contributed by atoms with van der Waals surface area (Å²) in [5, 5.41) is 9.92. The number of para-hydroxylation sites is 1. The Bertz CT molecular complexity index is 953. The molecular formula is C17H13NO2S. The molecule has 0 bridgehead atoms. The highest BCUT2D eigenvalue weighted by Gasteiger charge is 2.03. The molecule has 0 unspecified atom stereocenters. The summed E-state index contributed by atoms with van der Waals surface area (Å²) in [6.07, 6.45) is 1.82. The van der Waals surface area contributed by atoms with E-state index in [2.05, 4.69) is 11.6 Å². The van der Waals surface area contributed by atoms with Crippen molar-refractivity contribution in [3.8, 4) is 16.9 Å². The van der Waals surface area contributed by atoms with Crippen molar-refractivity contribution in [2.24, 2.45) is 0 Å². The van der Waals surface area contributed by atoms with E-state index in [1.54, 1.807) is 12.1 Å². The number of rotatable bonds is 2. The molecule has 3 rings (SSSR count). The first-order valence-electron chi connectivity index (χ1n) is 6.42. The maximum absolute atomic E-state index is 11.7. The summed E-state index contributed by atoms with van der Waals surface area (Å²) in [7, 11) is 0. The van der Waals surface area contributed by atoms with Gasteiger partial charge in [0.25, 0.3) is 5.56 Å². The number of phenols is 1. The van der Waals surface area contributed by atoms with Gasteiger partial charge in [-0.3, -0.25) is 4.79 Å². The van der Waals surface area contributed by atoms with Crippen LogP contribution < -0.4 is 14.8 Å². The zero-order valence-corrected chi connectivity index (χ0v) is 12.0. The van der Waals surface area contributed by atoms with Gasteiger partial charge in [0.2, 0.25) is 0 Å². The molecule has 1 aromatic heterocycles. The number of phenolic OH excluding ortho intramolecular Hbond substituents is 1. The summed E-state index contributed by atoms with van der Waals surface area (Å²) in [5.74, 6) is 0.240. The second-order valence-electron chi connectivity index (χ2n) is 4.63. The van der Waals surface area contributed by atoms with Crippen molar-refractivity contribution >= 4 is 24.0 Å². The molecule has 1 heterocycles. The molecule has 0 aliphatic rings. The number of aromatic amines is 1. The van der Waals surface area contributed by atoms with Crippen molar-refractivity contribution in [1.82, 2.24) is 4.98 Å². The topological polar surface area (TPSA) is 53.1 Å². The molecule has 0 atom stereocenters. The molecule has 2 aromatic carbocycles. The second-order valence-corrected chi connectivity index (χ2v) is 5.77. The summed E-state index contributed by atoms with van der Waals surface area (Å²) in [6.45, 7) is 3.73. The average Bonchev–Trinajstić information content (AvgIpc) is 2.78. The van der Waals surface area contributed by atoms with Crippen LogP contribution in [0.25, 0.3) is 23.8 Å². The van der Waals surface area contributed by atoms with E-state index in [1.165, 1.54) is 11.3 Å². The maximum Gasteiger partial charge on any atom is 0.266 e. The van der Waals surface area contributed by atoms with Crippen LogP contribution in [0, 0.1) is 0 Å². The van der Waals surface area contributed by atoms with Gasteiger partial charge in [-0.05, 0) is 29.3 Å². The normalized spacial score (nSPS) is 11.7. The largest absolute Gasteiger partial charge is 0.507 e. The fraction of sp³-hybridized carbons (Fsp3) is 0. The average molecular weight is 295 g/mol. The number of aromatic nitrogens is 1. The minimum atomic E-state index is -0.127. The minimum absolute atomic E-state index is 0.127.